The summed E-state index contributed by atoms with van der Waals surface area (Å²) in [5, 5.41) is 0. The zero-order chi connectivity index (χ0) is 13.2. The van der Waals surface area contributed by atoms with Gasteiger partial charge in [0.25, 0.3) is 5.91 Å². The lowest BCUT2D eigenvalue weighted by Gasteiger charge is -2.34. The second-order valence-electron chi connectivity index (χ2n) is 5.25. The lowest BCUT2D eigenvalue weighted by atomic mass is 10.0. The van der Waals surface area contributed by atoms with Crippen molar-refractivity contribution in [2.24, 2.45) is 5.73 Å². The SMILES string of the molecule is Cl.NCC1CCCCN1C(=O)c1cc2c(s1)CCOC2. The van der Waals surface area contributed by atoms with Crippen LogP contribution in [0.1, 0.15) is 39.4 Å². The van der Waals surface area contributed by atoms with E-state index in [9.17, 15) is 4.79 Å². The molecule has 112 valence electrons. The van der Waals surface area contributed by atoms with E-state index in [0.29, 0.717) is 13.2 Å². The van der Waals surface area contributed by atoms with Gasteiger partial charge >= 0.3 is 0 Å². The molecule has 0 aromatic carbocycles. The molecule has 1 fully saturated rings. The quantitative estimate of drug-likeness (QED) is 0.910. The van der Waals surface area contributed by atoms with Crippen LogP contribution in [0, 0.1) is 0 Å². The molecule has 2 aliphatic rings. The van der Waals surface area contributed by atoms with Crippen molar-refractivity contribution in [3.8, 4) is 0 Å². The van der Waals surface area contributed by atoms with Gasteiger partial charge in [0.05, 0.1) is 18.1 Å². The smallest absolute Gasteiger partial charge is 0.264 e. The molecule has 2 aliphatic heterocycles. The summed E-state index contributed by atoms with van der Waals surface area (Å²) < 4.78 is 5.44. The van der Waals surface area contributed by atoms with Crippen LogP contribution in [0.5, 0.6) is 0 Å². The summed E-state index contributed by atoms with van der Waals surface area (Å²) in [6.07, 6.45) is 4.25. The number of piperidine rings is 1. The second kappa shape index (κ2) is 6.89. The van der Waals surface area contributed by atoms with E-state index < -0.39 is 0 Å². The molecule has 1 saturated heterocycles. The fraction of sp³-hybridized carbons (Fsp3) is 0.643. The number of hydrogen-bond donors (Lipinski definition) is 1. The Hall–Kier alpha value is -0.620. The predicted molar refractivity (Wildman–Crippen MR) is 82.7 cm³/mol. The molecule has 0 radical (unpaired) electrons. The van der Waals surface area contributed by atoms with Crippen LogP contribution >= 0.6 is 23.7 Å². The lowest BCUT2D eigenvalue weighted by molar-refractivity contribution is 0.0628. The molecular weight excluding hydrogens is 296 g/mol. The van der Waals surface area contributed by atoms with Gasteiger partial charge in [-0.1, -0.05) is 0 Å². The van der Waals surface area contributed by atoms with E-state index in [1.54, 1.807) is 11.3 Å². The number of thiophene rings is 1. The van der Waals surface area contributed by atoms with Gasteiger partial charge in [-0.15, -0.1) is 23.7 Å². The summed E-state index contributed by atoms with van der Waals surface area (Å²) >= 11 is 1.64. The third-order valence-electron chi connectivity index (χ3n) is 4.00. The molecule has 1 amide bonds. The number of halogens is 1. The Kier molecular flexibility index (Phi) is 5.43. The second-order valence-corrected chi connectivity index (χ2v) is 6.38. The Balaban J connectivity index is 0.00000147. The molecule has 0 saturated carbocycles. The largest absolute Gasteiger partial charge is 0.376 e. The molecule has 4 nitrogen and oxygen atoms in total. The van der Waals surface area contributed by atoms with E-state index >= 15 is 0 Å². The third-order valence-corrected chi connectivity index (χ3v) is 5.22. The molecular formula is C14H21ClN2O2S. The monoisotopic (exact) mass is 316 g/mol. The normalized spacial score (nSPS) is 22.1. The topological polar surface area (TPSA) is 55.6 Å². The predicted octanol–water partition coefficient (Wildman–Crippen LogP) is 2.20. The zero-order valence-electron chi connectivity index (χ0n) is 11.5. The number of nitrogens with zero attached hydrogens (tertiary/aromatic N) is 1. The standard InChI is InChI=1S/C14H20N2O2S.ClH/c15-8-11-3-1-2-5-16(11)14(17)13-7-10-9-18-6-4-12(10)19-13;/h7,11H,1-6,8-9,15H2;1H. The lowest BCUT2D eigenvalue weighted by Crippen LogP contribution is -2.47. The van der Waals surface area contributed by atoms with Gasteiger partial charge in [0.2, 0.25) is 0 Å². The van der Waals surface area contributed by atoms with E-state index in [-0.39, 0.29) is 24.4 Å². The van der Waals surface area contributed by atoms with E-state index in [4.69, 9.17) is 10.5 Å². The first kappa shape index (κ1) is 15.8. The number of fused-ring (bicyclic) bond motifs is 1. The molecule has 1 aromatic heterocycles. The van der Waals surface area contributed by atoms with Crippen LogP contribution in [0.3, 0.4) is 0 Å². The molecule has 3 rings (SSSR count). The minimum Gasteiger partial charge on any atom is -0.376 e. The van der Waals surface area contributed by atoms with E-state index in [1.165, 1.54) is 16.9 Å². The van der Waals surface area contributed by atoms with E-state index in [1.807, 2.05) is 11.0 Å². The fourth-order valence-corrected chi connectivity index (χ4v) is 4.01. The van der Waals surface area contributed by atoms with Crippen molar-refractivity contribution in [3.05, 3.63) is 21.4 Å². The van der Waals surface area contributed by atoms with Gasteiger partial charge < -0.3 is 15.4 Å². The number of rotatable bonds is 2. The molecule has 20 heavy (non-hydrogen) atoms. The first-order valence-corrected chi connectivity index (χ1v) is 7.81. The summed E-state index contributed by atoms with van der Waals surface area (Å²) in [6, 6.07) is 2.24. The van der Waals surface area contributed by atoms with Crippen LogP contribution in [0.2, 0.25) is 0 Å². The van der Waals surface area contributed by atoms with Crippen molar-refractivity contribution >= 4 is 29.7 Å². The van der Waals surface area contributed by atoms with Gasteiger partial charge in [-0.05, 0) is 30.9 Å². The number of likely N-dealkylation sites (tertiary alicyclic amines) is 1. The van der Waals surface area contributed by atoms with Crippen molar-refractivity contribution in [2.75, 3.05) is 19.7 Å². The first-order chi connectivity index (χ1) is 9.29. The number of carbonyl (C=O) groups is 1. The van der Waals surface area contributed by atoms with Crippen LogP contribution in [0.15, 0.2) is 6.07 Å². The number of hydrogen-bond acceptors (Lipinski definition) is 4. The summed E-state index contributed by atoms with van der Waals surface area (Å²) in [7, 11) is 0. The molecule has 1 aromatic rings. The summed E-state index contributed by atoms with van der Waals surface area (Å²) in [5.41, 5.74) is 6.99. The Morgan fingerprint density at radius 3 is 3.10 bits per heavy atom. The van der Waals surface area contributed by atoms with Crippen LogP contribution < -0.4 is 5.73 Å². The summed E-state index contributed by atoms with van der Waals surface area (Å²) in [6.45, 7) is 2.84. The Bertz CT molecular complexity index is 454. The van der Waals surface area contributed by atoms with Crippen LogP contribution in [-0.2, 0) is 17.8 Å². The van der Waals surface area contributed by atoms with Crippen LogP contribution in [-0.4, -0.2) is 36.5 Å². The van der Waals surface area contributed by atoms with Crippen LogP contribution in [0.25, 0.3) is 0 Å². The molecule has 2 N–H and O–H groups in total. The first-order valence-electron chi connectivity index (χ1n) is 7.00. The highest BCUT2D eigenvalue weighted by atomic mass is 35.5. The molecule has 6 heteroatoms. The summed E-state index contributed by atoms with van der Waals surface area (Å²) in [5.74, 6) is 0.162. The highest BCUT2D eigenvalue weighted by molar-refractivity contribution is 7.14. The van der Waals surface area contributed by atoms with Crippen molar-refractivity contribution in [2.45, 2.75) is 38.3 Å². The van der Waals surface area contributed by atoms with Crippen molar-refractivity contribution in [1.82, 2.24) is 4.90 Å². The summed E-state index contributed by atoms with van der Waals surface area (Å²) in [4.78, 5) is 16.8. The number of carbonyl (C=O) groups excluding carboxylic acids is 1. The number of ether oxygens (including phenoxy) is 1. The maximum atomic E-state index is 12.6. The van der Waals surface area contributed by atoms with Crippen molar-refractivity contribution < 1.29 is 9.53 Å². The molecule has 3 heterocycles. The molecule has 0 aliphatic carbocycles. The maximum Gasteiger partial charge on any atom is 0.264 e. The zero-order valence-corrected chi connectivity index (χ0v) is 13.1. The van der Waals surface area contributed by atoms with Gasteiger partial charge in [-0.2, -0.15) is 0 Å². The average molecular weight is 317 g/mol. The van der Waals surface area contributed by atoms with Crippen molar-refractivity contribution in [1.29, 1.82) is 0 Å². The third kappa shape index (κ3) is 3.01. The molecule has 1 atom stereocenters. The van der Waals surface area contributed by atoms with Gasteiger partial charge in [0.15, 0.2) is 0 Å². The average Bonchev–Trinajstić information content (AvgIpc) is 2.90. The minimum atomic E-state index is 0. The molecule has 0 spiro atoms. The highest BCUT2D eigenvalue weighted by Gasteiger charge is 2.28. The highest BCUT2D eigenvalue weighted by Crippen LogP contribution is 2.29. The maximum absolute atomic E-state index is 12.6. The van der Waals surface area contributed by atoms with E-state index in [0.717, 1.165) is 37.3 Å². The Morgan fingerprint density at radius 1 is 1.50 bits per heavy atom. The van der Waals surface area contributed by atoms with Gasteiger partial charge in [0.1, 0.15) is 0 Å². The van der Waals surface area contributed by atoms with Gasteiger partial charge in [0, 0.05) is 30.4 Å². The molecule has 0 bridgehead atoms. The number of nitrogens with two attached hydrogens (primary N) is 1. The number of amides is 1. The fourth-order valence-electron chi connectivity index (χ4n) is 2.91. The van der Waals surface area contributed by atoms with Crippen molar-refractivity contribution in [3.63, 3.8) is 0 Å². The van der Waals surface area contributed by atoms with Gasteiger partial charge in [-0.25, -0.2) is 0 Å². The van der Waals surface area contributed by atoms with Gasteiger partial charge in [-0.3, -0.25) is 4.79 Å². The molecule has 1 unspecified atom stereocenters. The Labute approximate surface area is 129 Å². The minimum absolute atomic E-state index is 0. The van der Waals surface area contributed by atoms with E-state index in [2.05, 4.69) is 0 Å². The Morgan fingerprint density at radius 2 is 2.35 bits per heavy atom. The van der Waals surface area contributed by atoms with Crippen LogP contribution in [0.4, 0.5) is 0 Å².